The molecule has 1 fully saturated rings. The predicted octanol–water partition coefficient (Wildman–Crippen LogP) is 2.74. The van der Waals surface area contributed by atoms with Gasteiger partial charge < -0.3 is 5.32 Å². The van der Waals surface area contributed by atoms with Crippen molar-refractivity contribution >= 4 is 57.6 Å². The summed E-state index contributed by atoms with van der Waals surface area (Å²) in [5.41, 5.74) is 0.160. The molecule has 5 nitrogen and oxygen atoms in total. The van der Waals surface area contributed by atoms with Crippen LogP contribution in [0.4, 0.5) is 5.69 Å². The van der Waals surface area contributed by atoms with E-state index in [1.807, 2.05) is 0 Å². The monoisotopic (exact) mass is 300 g/mol. The van der Waals surface area contributed by atoms with E-state index >= 15 is 0 Å². The van der Waals surface area contributed by atoms with E-state index in [-0.39, 0.29) is 17.2 Å². The number of thiocarbonyl (C=S) groups is 1. The maximum absolute atomic E-state index is 11.5. The average Bonchev–Trinajstić information content (AvgIpc) is 2.57. The highest BCUT2D eigenvalue weighted by atomic mass is 35.5. The normalized spacial score (nSPS) is 17.1. The van der Waals surface area contributed by atoms with Gasteiger partial charge in [-0.15, -0.1) is 0 Å². The minimum atomic E-state index is -0.529. The Kier molecular flexibility index (Phi) is 3.65. The molecule has 0 aliphatic carbocycles. The number of nitrogens with one attached hydrogen (secondary N) is 1. The van der Waals surface area contributed by atoms with Gasteiger partial charge in [-0.2, -0.15) is 0 Å². The topological polar surface area (TPSA) is 72.2 Å². The number of halogens is 1. The van der Waals surface area contributed by atoms with Crippen LogP contribution in [0.3, 0.4) is 0 Å². The Morgan fingerprint density at radius 2 is 2.22 bits per heavy atom. The number of nitro benzene ring substituents is 1. The third-order valence-corrected chi connectivity index (χ3v) is 3.51. The van der Waals surface area contributed by atoms with Gasteiger partial charge in [0, 0.05) is 11.1 Å². The lowest BCUT2D eigenvalue weighted by Crippen LogP contribution is -2.17. The van der Waals surface area contributed by atoms with Gasteiger partial charge >= 0.3 is 0 Å². The summed E-state index contributed by atoms with van der Waals surface area (Å²) in [6.07, 6.45) is 1.41. The molecule has 1 aliphatic rings. The maximum atomic E-state index is 11.5. The zero-order valence-corrected chi connectivity index (χ0v) is 11.1. The third kappa shape index (κ3) is 2.69. The van der Waals surface area contributed by atoms with Gasteiger partial charge in [-0.05, 0) is 18.2 Å². The largest absolute Gasteiger partial charge is 0.307 e. The molecule has 0 aromatic heterocycles. The first-order valence-electron chi connectivity index (χ1n) is 4.66. The molecular formula is C10H5ClN2O3S2. The second-order valence-corrected chi connectivity index (χ2v) is 5.47. The molecule has 1 heterocycles. The van der Waals surface area contributed by atoms with Crippen LogP contribution in [0.25, 0.3) is 6.08 Å². The van der Waals surface area contributed by atoms with Gasteiger partial charge in [-0.3, -0.25) is 14.9 Å². The zero-order valence-electron chi connectivity index (χ0n) is 8.68. The van der Waals surface area contributed by atoms with E-state index < -0.39 is 4.92 Å². The lowest BCUT2D eigenvalue weighted by molar-refractivity contribution is -0.385. The molecule has 2 rings (SSSR count). The Hall–Kier alpha value is -1.44. The Balaban J connectivity index is 2.48. The Morgan fingerprint density at radius 1 is 1.50 bits per heavy atom. The highest BCUT2D eigenvalue weighted by Gasteiger charge is 2.23. The van der Waals surface area contributed by atoms with Crippen molar-refractivity contribution in [1.82, 2.24) is 5.32 Å². The van der Waals surface area contributed by atoms with Crippen LogP contribution in [0, 0.1) is 10.1 Å². The molecule has 18 heavy (non-hydrogen) atoms. The Labute approximate surface area is 116 Å². The minimum Gasteiger partial charge on any atom is -0.307 e. The number of carbonyl (C=O) groups excluding carboxylic acids is 1. The SMILES string of the molecule is O=C1NC(=S)S/C1=C\c1cc(Cl)ccc1[N+](=O)[O-]. The second kappa shape index (κ2) is 5.05. The summed E-state index contributed by atoms with van der Waals surface area (Å²) in [7, 11) is 0. The molecule has 0 radical (unpaired) electrons. The highest BCUT2D eigenvalue weighted by Crippen LogP contribution is 2.30. The van der Waals surface area contributed by atoms with Crippen LogP contribution in [0.15, 0.2) is 23.1 Å². The van der Waals surface area contributed by atoms with Crippen molar-refractivity contribution in [2.75, 3.05) is 0 Å². The first-order valence-corrected chi connectivity index (χ1v) is 6.26. The van der Waals surface area contributed by atoms with Crippen molar-refractivity contribution in [3.05, 3.63) is 43.8 Å². The lowest BCUT2D eigenvalue weighted by Gasteiger charge is -1.99. The zero-order chi connectivity index (χ0) is 13.3. The van der Waals surface area contributed by atoms with E-state index in [9.17, 15) is 14.9 Å². The fourth-order valence-electron chi connectivity index (χ4n) is 1.37. The van der Waals surface area contributed by atoms with Gasteiger partial charge in [-0.25, -0.2) is 0 Å². The number of benzene rings is 1. The standard InChI is InChI=1S/C10H5ClN2O3S2/c11-6-1-2-7(13(15)16)5(3-6)4-8-9(14)12-10(17)18-8/h1-4H,(H,12,14,17)/b8-4-. The van der Waals surface area contributed by atoms with Crippen LogP contribution in [0.2, 0.25) is 5.02 Å². The van der Waals surface area contributed by atoms with Crippen LogP contribution in [-0.2, 0) is 4.79 Å². The van der Waals surface area contributed by atoms with Crippen LogP contribution in [-0.4, -0.2) is 15.2 Å². The summed E-state index contributed by atoms with van der Waals surface area (Å²) >= 11 is 11.7. The first kappa shape index (κ1) is 13.0. The smallest absolute Gasteiger partial charge is 0.276 e. The van der Waals surface area contributed by atoms with E-state index in [0.29, 0.717) is 14.2 Å². The number of hydrogen-bond acceptors (Lipinski definition) is 5. The molecule has 0 bridgehead atoms. The summed E-state index contributed by atoms with van der Waals surface area (Å²) in [4.78, 5) is 22.1. The summed E-state index contributed by atoms with van der Waals surface area (Å²) < 4.78 is 0.330. The van der Waals surface area contributed by atoms with E-state index in [4.69, 9.17) is 23.8 Å². The van der Waals surface area contributed by atoms with Crippen LogP contribution in [0.1, 0.15) is 5.56 Å². The lowest BCUT2D eigenvalue weighted by atomic mass is 10.1. The molecule has 1 aliphatic heterocycles. The van der Waals surface area contributed by atoms with Crippen molar-refractivity contribution < 1.29 is 9.72 Å². The molecule has 1 amide bonds. The van der Waals surface area contributed by atoms with Crippen molar-refractivity contribution in [3.8, 4) is 0 Å². The Morgan fingerprint density at radius 3 is 2.78 bits per heavy atom. The predicted molar refractivity (Wildman–Crippen MR) is 74.4 cm³/mol. The third-order valence-electron chi connectivity index (χ3n) is 2.11. The van der Waals surface area contributed by atoms with Gasteiger partial charge in [0.05, 0.1) is 15.4 Å². The summed E-state index contributed by atoms with van der Waals surface area (Å²) in [5.74, 6) is -0.362. The molecule has 0 spiro atoms. The quantitative estimate of drug-likeness (QED) is 0.393. The number of rotatable bonds is 2. The molecule has 0 unspecified atom stereocenters. The molecule has 92 valence electrons. The van der Waals surface area contributed by atoms with E-state index in [0.717, 1.165) is 11.8 Å². The van der Waals surface area contributed by atoms with Gasteiger partial charge in [0.1, 0.15) is 4.32 Å². The average molecular weight is 301 g/mol. The molecule has 1 aromatic carbocycles. The van der Waals surface area contributed by atoms with Gasteiger partial charge in [0.25, 0.3) is 11.6 Å². The fraction of sp³-hybridized carbons (Fsp3) is 0. The van der Waals surface area contributed by atoms with Crippen molar-refractivity contribution in [2.45, 2.75) is 0 Å². The van der Waals surface area contributed by atoms with E-state index in [1.54, 1.807) is 0 Å². The van der Waals surface area contributed by atoms with Gasteiger partial charge in [0.2, 0.25) is 0 Å². The number of carbonyl (C=O) groups is 1. The van der Waals surface area contributed by atoms with Crippen LogP contribution in [0.5, 0.6) is 0 Å². The molecule has 8 heteroatoms. The Bertz CT molecular complexity index is 601. The van der Waals surface area contributed by atoms with Gasteiger partial charge in [-0.1, -0.05) is 35.6 Å². The number of hydrogen-bond donors (Lipinski definition) is 1. The molecule has 0 atom stereocenters. The van der Waals surface area contributed by atoms with Crippen LogP contribution >= 0.6 is 35.6 Å². The summed E-state index contributed by atoms with van der Waals surface area (Å²) in [5, 5.41) is 13.6. The van der Waals surface area contributed by atoms with Crippen molar-refractivity contribution in [1.29, 1.82) is 0 Å². The highest BCUT2D eigenvalue weighted by molar-refractivity contribution is 8.26. The fourth-order valence-corrected chi connectivity index (χ4v) is 2.59. The molecule has 1 aromatic rings. The minimum absolute atomic E-state index is 0.113. The number of nitrogens with zero attached hydrogens (tertiary/aromatic N) is 1. The molecule has 1 N–H and O–H groups in total. The second-order valence-electron chi connectivity index (χ2n) is 3.31. The summed E-state index contributed by atoms with van der Waals surface area (Å²) in [6, 6.07) is 4.15. The number of nitro groups is 1. The van der Waals surface area contributed by atoms with Crippen molar-refractivity contribution in [2.24, 2.45) is 0 Å². The van der Waals surface area contributed by atoms with Crippen LogP contribution < -0.4 is 5.32 Å². The van der Waals surface area contributed by atoms with Crippen molar-refractivity contribution in [3.63, 3.8) is 0 Å². The number of thioether (sulfide) groups is 1. The first-order chi connectivity index (χ1) is 8.47. The number of amides is 1. The van der Waals surface area contributed by atoms with E-state index in [2.05, 4.69) is 5.32 Å². The van der Waals surface area contributed by atoms with Gasteiger partial charge in [0.15, 0.2) is 0 Å². The molecule has 0 saturated carbocycles. The molecular weight excluding hydrogens is 296 g/mol. The van der Waals surface area contributed by atoms with E-state index in [1.165, 1.54) is 24.3 Å². The maximum Gasteiger partial charge on any atom is 0.276 e. The summed E-state index contributed by atoms with van der Waals surface area (Å²) in [6.45, 7) is 0. The molecule has 1 saturated heterocycles.